The fourth-order valence-electron chi connectivity index (χ4n) is 2.89. The molecule has 4 nitrogen and oxygen atoms in total. The maximum Gasteiger partial charge on any atom is 0.326 e. The first-order chi connectivity index (χ1) is 10.6. The number of benzene rings is 1. The summed E-state index contributed by atoms with van der Waals surface area (Å²) in [5.74, 6) is -1.06. The van der Waals surface area contributed by atoms with Crippen LogP contribution in [-0.4, -0.2) is 28.8 Å². The van der Waals surface area contributed by atoms with Crippen LogP contribution in [0, 0.1) is 5.92 Å². The summed E-state index contributed by atoms with van der Waals surface area (Å²) in [5, 5.41) is 11.9. The number of hydrogen-bond donors (Lipinski definition) is 3. The number of carboxylic acid groups (broad SMARTS) is 1. The van der Waals surface area contributed by atoms with Gasteiger partial charge in [-0.15, -0.1) is 0 Å². The Kier molecular flexibility index (Phi) is 6.31. The lowest BCUT2D eigenvalue weighted by molar-refractivity contribution is -0.142. The van der Waals surface area contributed by atoms with Crippen molar-refractivity contribution in [1.82, 2.24) is 5.32 Å². The van der Waals surface area contributed by atoms with E-state index in [-0.39, 0.29) is 11.8 Å². The molecule has 1 unspecified atom stereocenters. The number of amides is 1. The van der Waals surface area contributed by atoms with Crippen LogP contribution in [0.5, 0.6) is 0 Å². The minimum Gasteiger partial charge on any atom is -0.480 e. The van der Waals surface area contributed by atoms with Crippen LogP contribution in [0.4, 0.5) is 0 Å². The smallest absolute Gasteiger partial charge is 0.326 e. The third-order valence-electron chi connectivity index (χ3n) is 4.23. The molecular formula is C17H23NO3S. The molecule has 0 bridgehead atoms. The van der Waals surface area contributed by atoms with Crippen molar-refractivity contribution in [2.24, 2.45) is 5.92 Å². The van der Waals surface area contributed by atoms with Crippen LogP contribution in [0.2, 0.25) is 0 Å². The molecule has 0 radical (unpaired) electrons. The van der Waals surface area contributed by atoms with Crippen molar-refractivity contribution in [2.45, 2.75) is 44.6 Å². The molecule has 1 aromatic rings. The number of aliphatic carboxylic acids is 1. The lowest BCUT2D eigenvalue weighted by Gasteiger charge is -2.21. The molecule has 5 heteroatoms. The van der Waals surface area contributed by atoms with Gasteiger partial charge in [0.1, 0.15) is 6.04 Å². The average molecular weight is 321 g/mol. The molecule has 0 saturated carbocycles. The third-order valence-corrected chi connectivity index (χ3v) is 4.67. The number of fused-ring (bicyclic) bond motifs is 1. The van der Waals surface area contributed by atoms with Gasteiger partial charge < -0.3 is 10.4 Å². The van der Waals surface area contributed by atoms with Crippen molar-refractivity contribution < 1.29 is 14.7 Å². The number of carbonyl (C=O) groups is 2. The fourth-order valence-corrected chi connectivity index (χ4v) is 3.19. The van der Waals surface area contributed by atoms with Crippen molar-refractivity contribution in [2.75, 3.05) is 5.75 Å². The van der Waals surface area contributed by atoms with Crippen LogP contribution in [0.3, 0.4) is 0 Å². The highest BCUT2D eigenvalue weighted by Crippen LogP contribution is 2.20. The average Bonchev–Trinajstić information content (AvgIpc) is 2.50. The SMILES string of the molecule is O=C(O)C1CCCCCc2ccccc2C[C@H](CS)C(=O)N1. The zero-order valence-electron chi connectivity index (χ0n) is 12.6. The molecule has 1 aliphatic heterocycles. The van der Waals surface area contributed by atoms with E-state index in [1.54, 1.807) is 0 Å². The molecule has 1 amide bonds. The molecule has 0 fully saturated rings. The topological polar surface area (TPSA) is 66.4 Å². The second kappa shape index (κ2) is 8.22. The van der Waals surface area contributed by atoms with E-state index in [1.807, 2.05) is 12.1 Å². The third kappa shape index (κ3) is 4.50. The fraction of sp³-hybridized carbons (Fsp3) is 0.529. The summed E-state index contributed by atoms with van der Waals surface area (Å²) in [6.07, 6.45) is 4.91. The van der Waals surface area contributed by atoms with E-state index in [0.717, 1.165) is 25.7 Å². The largest absolute Gasteiger partial charge is 0.480 e. The lowest BCUT2D eigenvalue weighted by atomic mass is 9.92. The number of rotatable bonds is 2. The zero-order chi connectivity index (χ0) is 15.9. The normalized spacial score (nSPS) is 23.6. The molecule has 2 rings (SSSR count). The Bertz CT molecular complexity index is 532. The van der Waals surface area contributed by atoms with Crippen molar-refractivity contribution in [3.05, 3.63) is 35.4 Å². The van der Waals surface area contributed by atoms with Crippen LogP contribution >= 0.6 is 12.6 Å². The molecule has 1 aliphatic rings. The summed E-state index contributed by atoms with van der Waals surface area (Å²) in [6, 6.07) is 7.40. The van der Waals surface area contributed by atoms with E-state index in [9.17, 15) is 14.7 Å². The molecule has 0 aromatic heterocycles. The minimum absolute atomic E-state index is 0.210. The van der Waals surface area contributed by atoms with Gasteiger partial charge in [-0.2, -0.15) is 12.6 Å². The van der Waals surface area contributed by atoms with E-state index in [0.29, 0.717) is 18.6 Å². The van der Waals surface area contributed by atoms with E-state index >= 15 is 0 Å². The van der Waals surface area contributed by atoms with Gasteiger partial charge in [0.25, 0.3) is 0 Å². The van der Waals surface area contributed by atoms with Crippen LogP contribution < -0.4 is 5.32 Å². The molecule has 2 atom stereocenters. The van der Waals surface area contributed by atoms with Gasteiger partial charge in [0.15, 0.2) is 0 Å². The Morgan fingerprint density at radius 2 is 1.95 bits per heavy atom. The predicted molar refractivity (Wildman–Crippen MR) is 89.2 cm³/mol. The Morgan fingerprint density at radius 3 is 2.64 bits per heavy atom. The first-order valence-electron chi connectivity index (χ1n) is 7.82. The van der Waals surface area contributed by atoms with E-state index < -0.39 is 12.0 Å². The van der Waals surface area contributed by atoms with Crippen molar-refractivity contribution in [1.29, 1.82) is 0 Å². The quantitative estimate of drug-likeness (QED) is 0.733. The highest BCUT2D eigenvalue weighted by Gasteiger charge is 2.25. The Hall–Kier alpha value is -1.49. The van der Waals surface area contributed by atoms with Gasteiger partial charge in [-0.25, -0.2) is 4.79 Å². The van der Waals surface area contributed by atoms with Crippen LogP contribution in [0.15, 0.2) is 24.3 Å². The number of hydrogen-bond acceptors (Lipinski definition) is 3. The Labute approximate surface area is 136 Å². The molecule has 0 saturated heterocycles. The van der Waals surface area contributed by atoms with Crippen LogP contribution in [0.1, 0.15) is 36.8 Å². The highest BCUT2D eigenvalue weighted by molar-refractivity contribution is 7.80. The van der Waals surface area contributed by atoms with Gasteiger partial charge in [0, 0.05) is 5.75 Å². The summed E-state index contributed by atoms with van der Waals surface area (Å²) >= 11 is 4.28. The molecule has 22 heavy (non-hydrogen) atoms. The molecule has 1 heterocycles. The van der Waals surface area contributed by atoms with E-state index in [1.165, 1.54) is 11.1 Å². The first-order valence-corrected chi connectivity index (χ1v) is 8.46. The van der Waals surface area contributed by atoms with Crippen LogP contribution in [0.25, 0.3) is 0 Å². The van der Waals surface area contributed by atoms with Gasteiger partial charge >= 0.3 is 5.97 Å². The zero-order valence-corrected chi connectivity index (χ0v) is 13.5. The molecule has 1 aromatic carbocycles. The summed E-state index contributed by atoms with van der Waals surface area (Å²) in [4.78, 5) is 23.6. The number of carboxylic acids is 1. The molecular weight excluding hydrogens is 298 g/mol. The standard InChI is InChI=1S/C17H23NO3S/c19-16-14(11-22)10-13-8-5-4-7-12(13)6-2-1-3-9-15(18-16)17(20)21/h4-5,7-8,14-15,22H,1-3,6,9-11H2,(H,18,19)(H,20,21)/t14-,15?/m1/s1. The number of nitrogens with one attached hydrogen (secondary N) is 1. The van der Waals surface area contributed by atoms with Gasteiger partial charge in [0.05, 0.1) is 5.92 Å². The summed E-state index contributed by atoms with van der Waals surface area (Å²) in [7, 11) is 0. The molecule has 0 aliphatic carbocycles. The number of carbonyl (C=O) groups excluding carboxylic acids is 1. The highest BCUT2D eigenvalue weighted by atomic mass is 32.1. The van der Waals surface area contributed by atoms with Crippen molar-refractivity contribution in [3.8, 4) is 0 Å². The first kappa shape index (κ1) is 16.9. The lowest BCUT2D eigenvalue weighted by Crippen LogP contribution is -2.44. The second-order valence-corrected chi connectivity index (χ2v) is 6.22. The summed E-state index contributed by atoms with van der Waals surface area (Å²) < 4.78 is 0. The summed E-state index contributed by atoms with van der Waals surface area (Å²) in [5.41, 5.74) is 2.46. The maximum absolute atomic E-state index is 12.4. The van der Waals surface area contributed by atoms with Crippen molar-refractivity contribution in [3.63, 3.8) is 0 Å². The number of thiol groups is 1. The molecule has 120 valence electrons. The summed E-state index contributed by atoms with van der Waals surface area (Å²) in [6.45, 7) is 0. The van der Waals surface area contributed by atoms with Gasteiger partial charge in [-0.3, -0.25) is 4.79 Å². The molecule has 2 N–H and O–H groups in total. The van der Waals surface area contributed by atoms with Crippen LogP contribution in [-0.2, 0) is 22.4 Å². The predicted octanol–water partition coefficient (Wildman–Crippen LogP) is 2.46. The second-order valence-electron chi connectivity index (χ2n) is 5.85. The maximum atomic E-state index is 12.4. The van der Waals surface area contributed by atoms with Gasteiger partial charge in [-0.05, 0) is 36.8 Å². The minimum atomic E-state index is -0.955. The van der Waals surface area contributed by atoms with Crippen molar-refractivity contribution >= 4 is 24.5 Å². The van der Waals surface area contributed by atoms with Gasteiger partial charge in [-0.1, -0.05) is 37.1 Å². The Balaban J connectivity index is 2.22. The Morgan fingerprint density at radius 1 is 1.23 bits per heavy atom. The van der Waals surface area contributed by atoms with E-state index in [2.05, 4.69) is 30.1 Å². The molecule has 0 spiro atoms. The number of aryl methyl sites for hydroxylation is 1. The monoisotopic (exact) mass is 321 g/mol. The van der Waals surface area contributed by atoms with E-state index in [4.69, 9.17) is 0 Å². The van der Waals surface area contributed by atoms with Gasteiger partial charge in [0.2, 0.25) is 5.91 Å².